The molecule has 0 bridgehead atoms. The molecule has 2 heterocycles. The zero-order valence-corrected chi connectivity index (χ0v) is 36.6. The van der Waals surface area contributed by atoms with Crippen molar-refractivity contribution in [3.63, 3.8) is 0 Å². The van der Waals surface area contributed by atoms with Gasteiger partial charge in [-0.25, -0.2) is 4.98 Å². The van der Waals surface area contributed by atoms with E-state index < -0.39 is 0 Å². The van der Waals surface area contributed by atoms with Gasteiger partial charge in [0, 0.05) is 50.2 Å². The van der Waals surface area contributed by atoms with E-state index in [1.165, 1.54) is 55.2 Å². The summed E-state index contributed by atoms with van der Waals surface area (Å²) in [5.41, 5.74) is 18.6. The number of benzene rings is 8. The Balaban J connectivity index is 0.00000239. The third-order valence-corrected chi connectivity index (χ3v) is 12.8. The van der Waals surface area contributed by atoms with E-state index in [4.69, 9.17) is 4.98 Å². The van der Waals surface area contributed by atoms with Crippen molar-refractivity contribution in [3.8, 4) is 52.2 Å². The van der Waals surface area contributed by atoms with Crippen LogP contribution in [0.4, 0.5) is 17.1 Å². The van der Waals surface area contributed by atoms with E-state index in [1.807, 2.05) is 0 Å². The second-order valence-electron chi connectivity index (χ2n) is 16.7. The molecule has 1 aliphatic carbocycles. The summed E-state index contributed by atoms with van der Waals surface area (Å²) in [5.74, 6) is 0.917. The molecule has 0 unspecified atom stereocenters. The van der Waals surface area contributed by atoms with Crippen molar-refractivity contribution in [2.75, 3.05) is 4.90 Å². The van der Waals surface area contributed by atoms with Gasteiger partial charge in [0.2, 0.25) is 0 Å². The van der Waals surface area contributed by atoms with Crippen LogP contribution in [0.1, 0.15) is 38.8 Å². The van der Waals surface area contributed by atoms with Crippen molar-refractivity contribution >= 4 is 55.6 Å². The number of hydrogen-bond acceptors (Lipinski definition) is 2. The molecule has 64 heavy (non-hydrogen) atoms. The van der Waals surface area contributed by atoms with Gasteiger partial charge in [0.05, 0.1) is 22.1 Å². The van der Waals surface area contributed by atoms with E-state index in [-0.39, 0.29) is 5.41 Å². The summed E-state index contributed by atoms with van der Waals surface area (Å²) in [6, 6.07) is 68.3. The molecule has 0 radical (unpaired) electrons. The van der Waals surface area contributed by atoms with Gasteiger partial charge in [0.25, 0.3) is 0 Å². The van der Waals surface area contributed by atoms with Crippen LogP contribution >= 0.6 is 0 Å². The van der Waals surface area contributed by atoms with Crippen LogP contribution in [0.3, 0.4) is 0 Å². The van der Waals surface area contributed by atoms with Crippen LogP contribution in [0.2, 0.25) is 0 Å². The zero-order valence-electron chi connectivity index (χ0n) is 36.6. The Morgan fingerprint density at radius 2 is 1.12 bits per heavy atom. The summed E-state index contributed by atoms with van der Waals surface area (Å²) >= 11 is 0. The molecule has 0 aliphatic heterocycles. The van der Waals surface area contributed by atoms with Crippen LogP contribution in [-0.4, -0.2) is 14.1 Å². The molecule has 308 valence electrons. The van der Waals surface area contributed by atoms with Gasteiger partial charge in [-0.05, 0) is 144 Å². The molecule has 0 spiro atoms. The fourth-order valence-corrected chi connectivity index (χ4v) is 9.80. The van der Waals surface area contributed by atoms with E-state index in [2.05, 4.69) is 261 Å². The topological polar surface area (TPSA) is 26.0 Å². The quantitative estimate of drug-likeness (QED) is 0.113. The van der Waals surface area contributed by atoms with Crippen LogP contribution in [0.25, 0.3) is 77.9 Å². The lowest BCUT2D eigenvalue weighted by molar-refractivity contribution is 0.660. The van der Waals surface area contributed by atoms with Gasteiger partial charge in [-0.1, -0.05) is 123 Å². The molecule has 0 saturated heterocycles. The summed E-state index contributed by atoms with van der Waals surface area (Å²) in [5, 5.41) is 2.50. The van der Waals surface area contributed by atoms with Gasteiger partial charge in [-0.2, -0.15) is 0 Å². The van der Waals surface area contributed by atoms with E-state index in [9.17, 15) is 0 Å². The minimum absolute atomic E-state index is 0.125. The lowest BCUT2D eigenvalue weighted by Crippen LogP contribution is -2.16. The first kappa shape index (κ1) is 40.0. The van der Waals surface area contributed by atoms with Gasteiger partial charge in [-0.3, -0.25) is 4.57 Å². The van der Waals surface area contributed by atoms with Crippen molar-refractivity contribution < 1.29 is 0 Å². The number of aromatic nitrogens is 3. The standard InChI is InChI=1S/C58H46N4.C2H2/c1-5-16-42(6-2)61-54-23-14-11-20-49(54)50-37-41(29-36-55(50)61)39-25-30-44(31-26-39)60(46-34-35-48-47-19-10-12-21-51(47)58(3,4)52(48)38-46)45-32-27-40(28-33-45)57-59-53-22-13-15-24-56(53)62(57)43-17-8-7-9-18-43;1-2/h5-38H,1-4H3;1-2H/b16-5-,42-6+;. The minimum atomic E-state index is -0.125. The molecule has 8 aromatic carbocycles. The third-order valence-electron chi connectivity index (χ3n) is 12.8. The smallest absolute Gasteiger partial charge is 0.145 e. The van der Waals surface area contributed by atoms with Gasteiger partial charge in [-0.15, -0.1) is 12.8 Å². The number of imidazole rings is 1. The van der Waals surface area contributed by atoms with Crippen LogP contribution < -0.4 is 4.90 Å². The van der Waals surface area contributed by atoms with Crippen molar-refractivity contribution in [1.29, 1.82) is 0 Å². The first-order valence-electron chi connectivity index (χ1n) is 21.9. The molecule has 4 heteroatoms. The maximum Gasteiger partial charge on any atom is 0.145 e. The molecule has 1 aliphatic rings. The highest BCUT2D eigenvalue weighted by Gasteiger charge is 2.35. The Hall–Kier alpha value is -8.13. The van der Waals surface area contributed by atoms with Crippen LogP contribution in [0, 0.1) is 12.8 Å². The summed E-state index contributed by atoms with van der Waals surface area (Å²) in [6.45, 7) is 8.88. The summed E-state index contributed by atoms with van der Waals surface area (Å²) < 4.78 is 4.63. The molecule has 0 N–H and O–H groups in total. The Labute approximate surface area is 375 Å². The van der Waals surface area contributed by atoms with E-state index >= 15 is 0 Å². The highest BCUT2D eigenvalue weighted by Crippen LogP contribution is 2.51. The molecule has 10 aromatic rings. The lowest BCUT2D eigenvalue weighted by atomic mass is 9.82. The van der Waals surface area contributed by atoms with Crippen molar-refractivity contribution in [2.45, 2.75) is 33.1 Å². The summed E-state index contributed by atoms with van der Waals surface area (Å²) in [4.78, 5) is 7.56. The normalized spacial score (nSPS) is 12.9. The molecule has 11 rings (SSSR count). The molecular formula is C60H48N4. The van der Waals surface area contributed by atoms with Gasteiger partial charge in [0.1, 0.15) is 5.82 Å². The second kappa shape index (κ2) is 16.3. The lowest BCUT2D eigenvalue weighted by Gasteiger charge is -2.28. The highest BCUT2D eigenvalue weighted by molar-refractivity contribution is 6.11. The van der Waals surface area contributed by atoms with Crippen molar-refractivity contribution in [3.05, 3.63) is 217 Å². The molecule has 0 amide bonds. The first-order valence-corrected chi connectivity index (χ1v) is 21.9. The SMILES string of the molecule is C#C.C/C=C\C(=C/C)n1c2ccccc2c2cc(-c3ccc(N(c4ccc(-c5nc6ccccc6n5-c5ccccc5)cc4)c4ccc5c(c4)C(C)(C)c4ccccc4-5)cc3)ccc21. The number of anilines is 3. The monoisotopic (exact) mass is 824 g/mol. The maximum absolute atomic E-state index is 5.16. The van der Waals surface area contributed by atoms with Gasteiger partial charge in [0.15, 0.2) is 0 Å². The largest absolute Gasteiger partial charge is 0.310 e. The summed E-state index contributed by atoms with van der Waals surface area (Å²) in [6.07, 6.45) is 14.5. The highest BCUT2D eigenvalue weighted by atomic mass is 15.1. The average Bonchev–Trinajstić information content (AvgIpc) is 3.98. The van der Waals surface area contributed by atoms with Crippen LogP contribution in [-0.2, 0) is 5.41 Å². The summed E-state index contributed by atoms with van der Waals surface area (Å²) in [7, 11) is 0. The van der Waals surface area contributed by atoms with Crippen molar-refractivity contribution in [2.24, 2.45) is 0 Å². The van der Waals surface area contributed by atoms with E-state index in [1.54, 1.807) is 0 Å². The van der Waals surface area contributed by atoms with Crippen LogP contribution in [0.15, 0.2) is 206 Å². The predicted molar refractivity (Wildman–Crippen MR) is 272 cm³/mol. The number of hydrogen-bond donors (Lipinski definition) is 0. The predicted octanol–water partition coefficient (Wildman–Crippen LogP) is 15.9. The molecule has 4 nitrogen and oxygen atoms in total. The second-order valence-corrected chi connectivity index (χ2v) is 16.7. The van der Waals surface area contributed by atoms with Crippen molar-refractivity contribution in [1.82, 2.24) is 14.1 Å². The van der Waals surface area contributed by atoms with E-state index in [0.717, 1.165) is 50.9 Å². The maximum atomic E-state index is 5.16. The molecule has 0 saturated carbocycles. The van der Waals surface area contributed by atoms with E-state index in [0.29, 0.717) is 0 Å². The number of rotatable bonds is 8. The number of terminal acetylenes is 1. The van der Waals surface area contributed by atoms with Gasteiger partial charge >= 0.3 is 0 Å². The Kier molecular flexibility index (Phi) is 10.2. The fraction of sp³-hybridized carbons (Fsp3) is 0.0833. The number of allylic oxidation sites excluding steroid dienone is 4. The number of fused-ring (bicyclic) bond motifs is 7. The Bertz CT molecular complexity index is 3430. The minimum Gasteiger partial charge on any atom is -0.310 e. The zero-order chi connectivity index (χ0) is 44.0. The Morgan fingerprint density at radius 3 is 1.86 bits per heavy atom. The van der Waals surface area contributed by atoms with Gasteiger partial charge < -0.3 is 9.47 Å². The third kappa shape index (κ3) is 6.53. The molecular weight excluding hydrogens is 777 g/mol. The number of nitrogens with zero attached hydrogens (tertiary/aromatic N) is 4. The Morgan fingerprint density at radius 1 is 0.531 bits per heavy atom. The molecule has 0 fully saturated rings. The average molecular weight is 825 g/mol. The fourth-order valence-electron chi connectivity index (χ4n) is 9.80. The molecule has 2 aromatic heterocycles. The first-order chi connectivity index (χ1) is 31.4. The van der Waals surface area contributed by atoms with Crippen LogP contribution in [0.5, 0.6) is 0 Å². The molecule has 0 atom stereocenters. The number of para-hydroxylation sites is 4.